The van der Waals surface area contributed by atoms with Gasteiger partial charge in [0.05, 0.1) is 6.20 Å². The molecule has 1 aliphatic heterocycles. The molecule has 1 aromatic carbocycles. The van der Waals surface area contributed by atoms with Crippen LogP contribution in [0.25, 0.3) is 0 Å². The fourth-order valence-corrected chi connectivity index (χ4v) is 2.12. The smallest absolute Gasteiger partial charge is 0.274 e. The maximum absolute atomic E-state index is 12.4. The predicted octanol–water partition coefficient (Wildman–Crippen LogP) is 1.07. The van der Waals surface area contributed by atoms with Gasteiger partial charge in [-0.3, -0.25) is 14.6 Å². The lowest BCUT2D eigenvalue weighted by molar-refractivity contribution is -0.116. The molecule has 1 N–H and O–H groups in total. The zero-order chi connectivity index (χ0) is 13.9. The van der Waals surface area contributed by atoms with Gasteiger partial charge >= 0.3 is 0 Å². The molecule has 2 amide bonds. The molecule has 1 aromatic heterocycles. The number of carbonyl (C=O) groups is 2. The van der Waals surface area contributed by atoms with Crippen molar-refractivity contribution in [3.63, 3.8) is 0 Å². The number of nitrogens with one attached hydrogen (secondary N) is 1. The average Bonchev–Trinajstić information content (AvgIpc) is 2.65. The van der Waals surface area contributed by atoms with Crippen molar-refractivity contribution in [3.05, 3.63) is 54.1 Å². The van der Waals surface area contributed by atoms with Gasteiger partial charge in [0.15, 0.2) is 0 Å². The van der Waals surface area contributed by atoms with E-state index in [4.69, 9.17) is 0 Å². The second kappa shape index (κ2) is 5.08. The highest BCUT2D eigenvalue weighted by atomic mass is 16.2. The Morgan fingerprint density at radius 3 is 2.85 bits per heavy atom. The number of amides is 2. The van der Waals surface area contributed by atoms with E-state index in [1.54, 1.807) is 0 Å². The van der Waals surface area contributed by atoms with Gasteiger partial charge in [0.2, 0.25) is 5.91 Å². The third-order valence-electron chi connectivity index (χ3n) is 3.06. The molecule has 0 spiro atoms. The average molecular weight is 268 g/mol. The molecule has 2 aromatic rings. The minimum atomic E-state index is -0.301. The molecule has 0 saturated carbocycles. The standard InChI is InChI=1S/C14H12N4O2/c19-13-9-18(14(20)12-7-15-5-6-16-12)8-10-3-1-2-4-11(10)17-13/h1-7H,8-9H2,(H,17,19). The van der Waals surface area contributed by atoms with E-state index in [1.807, 2.05) is 24.3 Å². The van der Waals surface area contributed by atoms with Crippen molar-refractivity contribution in [3.8, 4) is 0 Å². The van der Waals surface area contributed by atoms with Crippen LogP contribution >= 0.6 is 0 Å². The first kappa shape index (κ1) is 12.3. The summed E-state index contributed by atoms with van der Waals surface area (Å²) >= 11 is 0. The first-order valence-electron chi connectivity index (χ1n) is 6.17. The second-order valence-corrected chi connectivity index (χ2v) is 4.46. The highest BCUT2D eigenvalue weighted by Gasteiger charge is 2.24. The van der Waals surface area contributed by atoms with Gasteiger partial charge in [-0.05, 0) is 11.6 Å². The number of aromatic nitrogens is 2. The van der Waals surface area contributed by atoms with Crippen LogP contribution in [0.1, 0.15) is 16.1 Å². The van der Waals surface area contributed by atoms with Crippen LogP contribution in [-0.2, 0) is 11.3 Å². The lowest BCUT2D eigenvalue weighted by Crippen LogP contribution is -2.35. The summed E-state index contributed by atoms with van der Waals surface area (Å²) in [5.74, 6) is -0.517. The highest BCUT2D eigenvalue weighted by molar-refractivity contribution is 5.99. The molecule has 0 bridgehead atoms. The number of fused-ring (bicyclic) bond motifs is 1. The Bertz CT molecular complexity index is 657. The largest absolute Gasteiger partial charge is 0.324 e. The molecule has 3 rings (SSSR count). The monoisotopic (exact) mass is 268 g/mol. The SMILES string of the molecule is O=C1CN(C(=O)c2cnccn2)Cc2ccccc2N1. The zero-order valence-electron chi connectivity index (χ0n) is 10.6. The van der Waals surface area contributed by atoms with E-state index in [0.29, 0.717) is 6.54 Å². The molecule has 0 saturated heterocycles. The van der Waals surface area contributed by atoms with Crippen molar-refractivity contribution in [1.82, 2.24) is 14.9 Å². The van der Waals surface area contributed by atoms with Gasteiger partial charge < -0.3 is 10.2 Å². The zero-order valence-corrected chi connectivity index (χ0v) is 10.6. The Hall–Kier alpha value is -2.76. The van der Waals surface area contributed by atoms with E-state index in [2.05, 4.69) is 15.3 Å². The summed E-state index contributed by atoms with van der Waals surface area (Å²) in [6.45, 7) is 0.369. The topological polar surface area (TPSA) is 75.2 Å². The van der Waals surface area contributed by atoms with Crippen LogP contribution < -0.4 is 5.32 Å². The van der Waals surface area contributed by atoms with Crippen LogP contribution in [0.3, 0.4) is 0 Å². The molecular formula is C14H12N4O2. The lowest BCUT2D eigenvalue weighted by atomic mass is 10.1. The quantitative estimate of drug-likeness (QED) is 0.839. The molecule has 6 nitrogen and oxygen atoms in total. The molecule has 2 heterocycles. The van der Waals surface area contributed by atoms with Crippen LogP contribution in [0.15, 0.2) is 42.9 Å². The van der Waals surface area contributed by atoms with Gasteiger partial charge in [-0.1, -0.05) is 18.2 Å². The summed E-state index contributed by atoms with van der Waals surface area (Å²) in [4.78, 5) is 33.5. The Balaban J connectivity index is 1.91. The summed E-state index contributed by atoms with van der Waals surface area (Å²) in [6, 6.07) is 7.43. The molecule has 0 radical (unpaired) electrons. The number of anilines is 1. The van der Waals surface area contributed by atoms with Gasteiger partial charge in [0.25, 0.3) is 5.91 Å². The van der Waals surface area contributed by atoms with E-state index in [-0.39, 0.29) is 24.1 Å². The van der Waals surface area contributed by atoms with Gasteiger partial charge in [-0.15, -0.1) is 0 Å². The number of para-hydroxylation sites is 1. The van der Waals surface area contributed by atoms with Crippen molar-refractivity contribution in [2.24, 2.45) is 0 Å². The van der Waals surface area contributed by atoms with Crippen LogP contribution in [0.4, 0.5) is 5.69 Å². The van der Waals surface area contributed by atoms with Crippen molar-refractivity contribution in [2.45, 2.75) is 6.54 Å². The van der Waals surface area contributed by atoms with Gasteiger partial charge in [0.1, 0.15) is 12.2 Å². The second-order valence-electron chi connectivity index (χ2n) is 4.46. The molecule has 6 heteroatoms. The Morgan fingerprint density at radius 2 is 2.05 bits per heavy atom. The maximum atomic E-state index is 12.4. The van der Waals surface area contributed by atoms with Gasteiger partial charge in [-0.2, -0.15) is 0 Å². The normalized spacial score (nSPS) is 14.2. The van der Waals surface area contributed by atoms with Crippen LogP contribution in [-0.4, -0.2) is 33.2 Å². The van der Waals surface area contributed by atoms with Crippen LogP contribution in [0, 0.1) is 0 Å². The van der Waals surface area contributed by atoms with Gasteiger partial charge in [0, 0.05) is 24.6 Å². The Morgan fingerprint density at radius 1 is 1.20 bits per heavy atom. The minimum absolute atomic E-state index is 0.00406. The number of nitrogens with zero attached hydrogens (tertiary/aromatic N) is 3. The van der Waals surface area contributed by atoms with E-state index in [1.165, 1.54) is 23.5 Å². The van der Waals surface area contributed by atoms with Crippen LogP contribution in [0.2, 0.25) is 0 Å². The molecule has 0 aliphatic carbocycles. The predicted molar refractivity (Wildman–Crippen MR) is 71.8 cm³/mol. The molecule has 1 aliphatic rings. The first-order valence-corrected chi connectivity index (χ1v) is 6.17. The van der Waals surface area contributed by atoms with E-state index < -0.39 is 0 Å². The van der Waals surface area contributed by atoms with Crippen molar-refractivity contribution >= 4 is 17.5 Å². The van der Waals surface area contributed by atoms with Gasteiger partial charge in [-0.25, -0.2) is 4.98 Å². The molecule has 100 valence electrons. The Kier molecular flexibility index (Phi) is 3.12. The highest BCUT2D eigenvalue weighted by Crippen LogP contribution is 2.20. The third-order valence-corrected chi connectivity index (χ3v) is 3.06. The number of rotatable bonds is 1. The van der Waals surface area contributed by atoms with Crippen LogP contribution in [0.5, 0.6) is 0 Å². The molecule has 20 heavy (non-hydrogen) atoms. The fourth-order valence-electron chi connectivity index (χ4n) is 2.12. The first-order chi connectivity index (χ1) is 9.74. The van der Waals surface area contributed by atoms with E-state index >= 15 is 0 Å². The number of benzene rings is 1. The number of carbonyl (C=O) groups excluding carboxylic acids is 2. The summed E-state index contributed by atoms with van der Waals surface area (Å²) in [5.41, 5.74) is 1.88. The summed E-state index contributed by atoms with van der Waals surface area (Å²) < 4.78 is 0. The minimum Gasteiger partial charge on any atom is -0.324 e. The summed E-state index contributed by atoms with van der Waals surface area (Å²) in [6.07, 6.45) is 4.36. The van der Waals surface area contributed by atoms with Crippen molar-refractivity contribution < 1.29 is 9.59 Å². The lowest BCUT2D eigenvalue weighted by Gasteiger charge is -2.18. The van der Waals surface area contributed by atoms with E-state index in [9.17, 15) is 9.59 Å². The number of hydrogen-bond acceptors (Lipinski definition) is 4. The number of hydrogen-bond donors (Lipinski definition) is 1. The summed E-state index contributed by atoms with van der Waals surface area (Å²) in [5, 5.41) is 2.79. The fraction of sp³-hybridized carbons (Fsp3) is 0.143. The third kappa shape index (κ3) is 2.35. The molecule has 0 unspecified atom stereocenters. The maximum Gasteiger partial charge on any atom is 0.274 e. The Labute approximate surface area is 115 Å². The summed E-state index contributed by atoms with van der Waals surface area (Å²) in [7, 11) is 0. The van der Waals surface area contributed by atoms with Crippen molar-refractivity contribution in [1.29, 1.82) is 0 Å². The molecular weight excluding hydrogens is 256 g/mol. The molecule has 0 fully saturated rings. The van der Waals surface area contributed by atoms with Crippen molar-refractivity contribution in [2.75, 3.05) is 11.9 Å². The van der Waals surface area contributed by atoms with E-state index in [0.717, 1.165) is 11.3 Å². The molecule has 0 atom stereocenters.